The fraction of sp³-hybridized carbons (Fsp3) is 0.318. The summed E-state index contributed by atoms with van der Waals surface area (Å²) in [4.78, 5) is 53.9. The van der Waals surface area contributed by atoms with Crippen LogP contribution in [-0.4, -0.2) is 66.2 Å². The number of halogens is 6. The lowest BCUT2D eigenvalue weighted by Gasteiger charge is -2.49. The summed E-state index contributed by atoms with van der Waals surface area (Å²) in [7, 11) is 0. The van der Waals surface area contributed by atoms with Crippen LogP contribution in [0.1, 0.15) is 88.3 Å². The number of ether oxygens (including phenoxy) is 1. The molecule has 4 aromatic rings. The Labute approximate surface area is 397 Å². The number of aromatic nitrogens is 4. The summed E-state index contributed by atoms with van der Waals surface area (Å²) in [6, 6.07) is 12.0. The van der Waals surface area contributed by atoms with Gasteiger partial charge in [-0.25, -0.2) is 9.97 Å². The summed E-state index contributed by atoms with van der Waals surface area (Å²) in [6.45, 7) is 14.0. The van der Waals surface area contributed by atoms with Gasteiger partial charge in [0, 0.05) is 56.5 Å². The number of nitrogens with one attached hydrogen (secondary N) is 2. The van der Waals surface area contributed by atoms with Crippen LogP contribution in [0.2, 0.25) is 0 Å². The maximum atomic E-state index is 12.6. The third-order valence-corrected chi connectivity index (χ3v) is 13.9. The number of carbonyl (C=O) groups excluding carboxylic acids is 2. The van der Waals surface area contributed by atoms with Crippen LogP contribution in [-0.2, 0) is 36.2 Å². The van der Waals surface area contributed by atoms with E-state index in [1.54, 1.807) is 22.2 Å². The average Bonchev–Trinajstić information content (AvgIpc) is 3.97. The predicted octanol–water partition coefficient (Wildman–Crippen LogP) is 12.1. The molecule has 0 bridgehead atoms. The van der Waals surface area contributed by atoms with E-state index < -0.39 is 11.1 Å². The standard InChI is InChI=1S/2C20H15Br2ClN4O.C4H10O/c2*1-19(2)6-5-14-20(11-4-3-10(21)7-13(11)24-14)8-15(28)27(20)9-12(23)16-17(19)26-18(22)25-16;1-3-5-4-2/h2*3-7,9H,8H2,1-2H3,(H,25,26);3-4H2,1-2H3/b2*6-5-,12-9+;/t2*20-;/m11./s1. The monoisotopic (exact) mass is 1110 g/mol. The number of allylic oxidation sites excluding steroid dienone is 2. The first-order valence-corrected chi connectivity index (χ1v) is 23.5. The van der Waals surface area contributed by atoms with E-state index in [0.717, 1.165) is 67.5 Å². The molecule has 316 valence electrons. The molecule has 2 atom stereocenters. The highest BCUT2D eigenvalue weighted by Gasteiger charge is 2.59. The summed E-state index contributed by atoms with van der Waals surface area (Å²) in [6.07, 6.45) is 12.4. The molecule has 11 nitrogen and oxygen atoms in total. The zero-order chi connectivity index (χ0) is 43.8. The first-order valence-electron chi connectivity index (χ1n) is 19.5. The van der Waals surface area contributed by atoms with Crippen LogP contribution < -0.4 is 0 Å². The van der Waals surface area contributed by atoms with Crippen molar-refractivity contribution in [2.75, 3.05) is 13.2 Å². The number of hydrogen-bond acceptors (Lipinski definition) is 7. The van der Waals surface area contributed by atoms with Gasteiger partial charge in [0.25, 0.3) is 0 Å². The molecular weight excluding hydrogens is 1080 g/mol. The molecule has 8 heterocycles. The Morgan fingerprint density at radius 2 is 1.07 bits per heavy atom. The number of carbonyl (C=O) groups is 2. The van der Waals surface area contributed by atoms with Crippen LogP contribution in [0.5, 0.6) is 0 Å². The second-order valence-electron chi connectivity index (χ2n) is 16.3. The van der Waals surface area contributed by atoms with E-state index in [-0.39, 0.29) is 22.6 Å². The van der Waals surface area contributed by atoms with Gasteiger partial charge in [-0.1, -0.05) is 107 Å². The van der Waals surface area contributed by atoms with Crippen molar-refractivity contribution in [3.8, 4) is 0 Å². The van der Waals surface area contributed by atoms with Crippen molar-refractivity contribution in [1.82, 2.24) is 29.7 Å². The van der Waals surface area contributed by atoms with Gasteiger partial charge in [-0.2, -0.15) is 0 Å². The molecule has 10 rings (SSSR count). The fourth-order valence-corrected chi connectivity index (χ4v) is 10.4. The normalized spacial score (nSPS) is 25.9. The van der Waals surface area contributed by atoms with Crippen LogP contribution in [0.15, 0.2) is 101 Å². The molecule has 2 saturated heterocycles. The molecule has 2 fully saturated rings. The van der Waals surface area contributed by atoms with Gasteiger partial charge >= 0.3 is 0 Å². The van der Waals surface area contributed by atoms with Gasteiger partial charge in [0.2, 0.25) is 11.8 Å². The number of nitrogens with zero attached hydrogens (tertiary/aromatic N) is 6. The second-order valence-corrected chi connectivity index (χ2v) is 20.4. The highest BCUT2D eigenvalue weighted by atomic mass is 79.9. The lowest BCUT2D eigenvalue weighted by molar-refractivity contribution is -0.146. The molecule has 6 aliphatic rings. The van der Waals surface area contributed by atoms with E-state index in [1.165, 1.54) is 0 Å². The molecule has 2 N–H and O–H groups in total. The quantitative estimate of drug-likeness (QED) is 0.193. The van der Waals surface area contributed by atoms with Gasteiger partial charge < -0.3 is 24.5 Å². The van der Waals surface area contributed by atoms with Crippen molar-refractivity contribution in [3.05, 3.63) is 125 Å². The van der Waals surface area contributed by atoms with Crippen molar-refractivity contribution < 1.29 is 14.3 Å². The number of rotatable bonds is 2. The number of benzene rings is 2. The summed E-state index contributed by atoms with van der Waals surface area (Å²) >= 11 is 27.2. The molecule has 2 aromatic heterocycles. The zero-order valence-electron chi connectivity index (χ0n) is 33.9. The molecule has 0 aliphatic carbocycles. The van der Waals surface area contributed by atoms with Crippen molar-refractivity contribution in [2.45, 2.75) is 76.3 Å². The smallest absolute Gasteiger partial charge is 0.230 e. The van der Waals surface area contributed by atoms with E-state index in [4.69, 9.17) is 37.9 Å². The topological polar surface area (TPSA) is 132 Å². The van der Waals surface area contributed by atoms with Gasteiger partial charge in [0.15, 0.2) is 9.47 Å². The number of H-pyrrole nitrogens is 2. The first-order chi connectivity index (χ1) is 28.9. The number of imidazole rings is 2. The van der Waals surface area contributed by atoms with Crippen molar-refractivity contribution >= 4 is 132 Å². The number of aromatic amines is 2. The van der Waals surface area contributed by atoms with Crippen LogP contribution in [0, 0.1) is 0 Å². The maximum Gasteiger partial charge on any atom is 0.230 e. The molecule has 6 aliphatic heterocycles. The minimum atomic E-state index is -0.620. The van der Waals surface area contributed by atoms with Gasteiger partial charge in [0.05, 0.1) is 57.1 Å². The third kappa shape index (κ3) is 7.43. The Morgan fingerprint density at radius 1 is 0.672 bits per heavy atom. The van der Waals surface area contributed by atoms with E-state index in [2.05, 4.69) is 124 Å². The van der Waals surface area contributed by atoms with Gasteiger partial charge in [0.1, 0.15) is 22.5 Å². The van der Waals surface area contributed by atoms with E-state index in [0.29, 0.717) is 43.8 Å². The fourth-order valence-electron chi connectivity index (χ4n) is 8.49. The van der Waals surface area contributed by atoms with Gasteiger partial charge in [-0.15, -0.1) is 0 Å². The molecule has 2 aromatic carbocycles. The number of amides is 2. The summed E-state index contributed by atoms with van der Waals surface area (Å²) in [5.41, 5.74) is 6.49. The first kappa shape index (κ1) is 44.2. The minimum absolute atomic E-state index is 0.00556. The Hall–Kier alpha value is -3.44. The van der Waals surface area contributed by atoms with Gasteiger partial charge in [-0.3, -0.25) is 19.6 Å². The molecular formula is C44H40Br4Cl2N8O3. The highest BCUT2D eigenvalue weighted by Crippen LogP contribution is 2.55. The maximum absolute atomic E-state index is 12.6. The zero-order valence-corrected chi connectivity index (χ0v) is 41.8. The minimum Gasteiger partial charge on any atom is -0.382 e. The van der Waals surface area contributed by atoms with Crippen molar-refractivity contribution in [3.63, 3.8) is 0 Å². The number of aliphatic imine (C=N–C) groups is 2. The molecule has 2 amide bonds. The lowest BCUT2D eigenvalue weighted by atomic mass is 9.74. The van der Waals surface area contributed by atoms with Crippen LogP contribution in [0.4, 0.5) is 11.4 Å². The molecule has 2 spiro atoms. The predicted molar refractivity (Wildman–Crippen MR) is 255 cm³/mol. The lowest BCUT2D eigenvalue weighted by Crippen LogP contribution is -2.61. The van der Waals surface area contributed by atoms with E-state index in [9.17, 15) is 9.59 Å². The molecule has 61 heavy (non-hydrogen) atoms. The van der Waals surface area contributed by atoms with Crippen LogP contribution in [0.3, 0.4) is 0 Å². The van der Waals surface area contributed by atoms with Crippen molar-refractivity contribution in [2.24, 2.45) is 9.98 Å². The summed E-state index contributed by atoms with van der Waals surface area (Å²) < 4.78 is 7.94. The van der Waals surface area contributed by atoms with E-state index >= 15 is 0 Å². The molecule has 0 radical (unpaired) electrons. The Balaban J connectivity index is 0.000000152. The second kappa shape index (κ2) is 16.3. The largest absolute Gasteiger partial charge is 0.382 e. The Kier molecular flexibility index (Phi) is 11.8. The molecule has 0 saturated carbocycles. The number of fused-ring (bicyclic) bond motifs is 4. The number of β-lactam (4-membered cyclic amide) rings is 2. The van der Waals surface area contributed by atoms with Crippen LogP contribution >= 0.6 is 86.9 Å². The SMILES string of the molecule is CC1(C)/C=C\C2=Nc3cc(Br)ccc3[C@]23CC(=O)N3/C=C(/Cl)c2nc(Br)[nH]c21.CC1(C)/C=C\C2=Nc3cc(Br)ccc3[C@]23CC(=O)N3/C=C(/Cl)c2nc(Br)[nH]c21.CCOCC. The van der Waals surface area contributed by atoms with Crippen LogP contribution in [0.25, 0.3) is 10.1 Å². The van der Waals surface area contributed by atoms with Gasteiger partial charge in [-0.05, 0) is 82.1 Å². The third-order valence-electron chi connectivity index (χ3n) is 11.6. The number of hydrogen-bond donors (Lipinski definition) is 2. The average molecular weight is 1120 g/mol. The molecule has 17 heteroatoms. The Morgan fingerprint density at radius 3 is 1.41 bits per heavy atom. The highest BCUT2D eigenvalue weighted by molar-refractivity contribution is 9.11. The van der Waals surface area contributed by atoms with Crippen molar-refractivity contribution in [1.29, 1.82) is 0 Å². The summed E-state index contributed by atoms with van der Waals surface area (Å²) in [5, 5.41) is 0.829. The summed E-state index contributed by atoms with van der Waals surface area (Å²) in [5.74, 6) is 0.0111. The van der Waals surface area contributed by atoms with E-state index in [1.807, 2.05) is 62.4 Å². The molecule has 0 unspecified atom stereocenters. The Bertz CT molecular complexity index is 2530.